The van der Waals surface area contributed by atoms with Crippen LogP contribution in [0.15, 0.2) is 11.6 Å². The van der Waals surface area contributed by atoms with Gasteiger partial charge in [0.2, 0.25) is 0 Å². The molecule has 1 spiro atoms. The Kier molecular flexibility index (Phi) is 4.17. The number of hydrogen-bond donors (Lipinski definition) is 0. The first-order valence-electron chi connectivity index (χ1n) is 4.88. The van der Waals surface area contributed by atoms with Gasteiger partial charge in [0.1, 0.15) is 5.60 Å². The summed E-state index contributed by atoms with van der Waals surface area (Å²) in [5.41, 5.74) is -0.928. The Morgan fingerprint density at radius 3 is 2.56 bits per heavy atom. The fraction of sp³-hybridized carbons (Fsp3) is 0.600. The summed E-state index contributed by atoms with van der Waals surface area (Å²) < 4.78 is 5.13. The number of ether oxygens (including phenoxy) is 1. The van der Waals surface area contributed by atoms with Gasteiger partial charge in [0, 0.05) is 37.6 Å². The third-order valence-corrected chi connectivity index (χ3v) is 3.06. The van der Waals surface area contributed by atoms with Gasteiger partial charge >= 0.3 is 35.5 Å². The van der Waals surface area contributed by atoms with Gasteiger partial charge in [-0.15, -0.1) is 0 Å². The maximum absolute atomic E-state index is 11.1. The zero-order valence-corrected chi connectivity index (χ0v) is 11.5. The minimum atomic E-state index is -1.30. The predicted molar refractivity (Wildman–Crippen MR) is 48.6 cm³/mol. The number of carboxylic acids is 1. The largest absolute Gasteiger partial charge is 1.00 e. The van der Waals surface area contributed by atoms with Gasteiger partial charge in [-0.2, -0.15) is 0 Å². The molecule has 2 aliphatic rings. The first kappa shape index (κ1) is 13.7. The number of aliphatic carboxylic acids is 1. The molecule has 2 heterocycles. The Hall–Kier alpha value is -0.360. The number of rotatable bonds is 1. The molecule has 0 aromatic heterocycles. The van der Waals surface area contributed by atoms with Crippen LogP contribution in [-0.4, -0.2) is 42.6 Å². The number of nitrogens with zero attached hydrogens (tertiary/aromatic N) is 1. The van der Waals surface area contributed by atoms with E-state index in [-0.39, 0.29) is 35.1 Å². The van der Waals surface area contributed by atoms with Gasteiger partial charge in [0.15, 0.2) is 0 Å². The van der Waals surface area contributed by atoms with Crippen molar-refractivity contribution in [1.29, 1.82) is 0 Å². The fourth-order valence-corrected chi connectivity index (χ4v) is 2.12. The quantitative estimate of drug-likeness (QED) is 0.338. The standard InChI is InChI=1S/C10H13NO4.Na/c1-11-4-2-10(3-5-11)7(9(13)14)6-8(12)15-10;/h6H,2-5H2,1H3,(H,13,14);/q;+1/p-1. The van der Waals surface area contributed by atoms with Crippen molar-refractivity contribution in [2.45, 2.75) is 18.4 Å². The molecule has 0 bridgehead atoms. The van der Waals surface area contributed by atoms with Crippen LogP contribution in [-0.2, 0) is 14.3 Å². The number of piperidine rings is 1. The third-order valence-electron chi connectivity index (χ3n) is 3.06. The van der Waals surface area contributed by atoms with Crippen molar-refractivity contribution >= 4 is 11.9 Å². The van der Waals surface area contributed by atoms with E-state index in [1.54, 1.807) is 0 Å². The first-order valence-corrected chi connectivity index (χ1v) is 4.88. The molecule has 2 aliphatic heterocycles. The minimum Gasteiger partial charge on any atom is -0.545 e. The van der Waals surface area contributed by atoms with Gasteiger partial charge in [-0.1, -0.05) is 0 Å². The third kappa shape index (κ3) is 2.32. The van der Waals surface area contributed by atoms with Gasteiger partial charge in [0.05, 0.1) is 5.97 Å². The topological polar surface area (TPSA) is 69.7 Å². The predicted octanol–water partition coefficient (Wildman–Crippen LogP) is -4.31. The molecule has 0 unspecified atom stereocenters. The van der Waals surface area contributed by atoms with Crippen molar-refractivity contribution < 1.29 is 49.0 Å². The number of hydrogen-bond acceptors (Lipinski definition) is 5. The molecule has 82 valence electrons. The molecule has 0 aromatic rings. The van der Waals surface area contributed by atoms with E-state index in [1.807, 2.05) is 7.05 Å². The monoisotopic (exact) mass is 233 g/mol. The summed E-state index contributed by atoms with van der Waals surface area (Å²) >= 11 is 0. The summed E-state index contributed by atoms with van der Waals surface area (Å²) in [4.78, 5) is 24.1. The molecule has 16 heavy (non-hydrogen) atoms. The van der Waals surface area contributed by atoms with Crippen LogP contribution in [0.25, 0.3) is 0 Å². The van der Waals surface area contributed by atoms with E-state index in [1.165, 1.54) is 0 Å². The van der Waals surface area contributed by atoms with Crippen LogP contribution in [0, 0.1) is 0 Å². The van der Waals surface area contributed by atoms with Crippen LogP contribution in [0.2, 0.25) is 0 Å². The van der Waals surface area contributed by atoms with Crippen LogP contribution in [0.1, 0.15) is 12.8 Å². The van der Waals surface area contributed by atoms with Crippen molar-refractivity contribution in [2.24, 2.45) is 0 Å². The van der Waals surface area contributed by atoms with E-state index >= 15 is 0 Å². The van der Waals surface area contributed by atoms with Gasteiger partial charge in [0.25, 0.3) is 0 Å². The average Bonchev–Trinajstić information content (AvgIpc) is 2.49. The normalized spacial score (nSPS) is 23.6. The molecule has 0 saturated carbocycles. The number of carbonyl (C=O) groups excluding carboxylic acids is 2. The van der Waals surface area contributed by atoms with E-state index in [4.69, 9.17) is 4.74 Å². The summed E-state index contributed by atoms with van der Waals surface area (Å²) in [7, 11) is 1.95. The van der Waals surface area contributed by atoms with Gasteiger partial charge in [-0.25, -0.2) is 4.79 Å². The molecule has 5 nitrogen and oxygen atoms in total. The van der Waals surface area contributed by atoms with Crippen LogP contribution in [0.4, 0.5) is 0 Å². The molecule has 0 N–H and O–H groups in total. The zero-order valence-electron chi connectivity index (χ0n) is 9.49. The van der Waals surface area contributed by atoms with Crippen molar-refractivity contribution in [2.75, 3.05) is 20.1 Å². The van der Waals surface area contributed by atoms with Gasteiger partial charge in [-0.3, -0.25) is 0 Å². The molecule has 2 rings (SSSR count). The van der Waals surface area contributed by atoms with E-state index in [2.05, 4.69) is 4.90 Å². The average molecular weight is 233 g/mol. The van der Waals surface area contributed by atoms with Crippen LogP contribution >= 0.6 is 0 Å². The molecule has 0 aromatic carbocycles. The number of carbonyl (C=O) groups is 2. The maximum Gasteiger partial charge on any atom is 1.00 e. The summed E-state index contributed by atoms with van der Waals surface area (Å²) in [6, 6.07) is 0. The molecular weight excluding hydrogens is 221 g/mol. The fourth-order valence-electron chi connectivity index (χ4n) is 2.12. The zero-order chi connectivity index (χ0) is 11.1. The van der Waals surface area contributed by atoms with E-state index in [0.717, 1.165) is 19.2 Å². The van der Waals surface area contributed by atoms with E-state index < -0.39 is 17.5 Å². The molecule has 0 amide bonds. The number of carboxylic acid groups (broad SMARTS) is 1. The Labute approximate surface area is 116 Å². The SMILES string of the molecule is CN1CCC2(CC1)OC(=O)C=C2C(=O)[O-].[Na+]. The van der Waals surface area contributed by atoms with Crippen molar-refractivity contribution in [1.82, 2.24) is 4.90 Å². The number of likely N-dealkylation sites (tertiary alicyclic amines) is 1. The van der Waals surface area contributed by atoms with Gasteiger partial charge in [-0.05, 0) is 7.05 Å². The van der Waals surface area contributed by atoms with Crippen LogP contribution < -0.4 is 34.7 Å². The van der Waals surface area contributed by atoms with Crippen LogP contribution in [0.5, 0.6) is 0 Å². The summed E-state index contributed by atoms with van der Waals surface area (Å²) in [6.45, 7) is 1.44. The molecule has 0 aliphatic carbocycles. The minimum absolute atomic E-state index is 0. The van der Waals surface area contributed by atoms with Crippen molar-refractivity contribution in [3.05, 3.63) is 11.6 Å². The van der Waals surface area contributed by atoms with E-state index in [9.17, 15) is 14.7 Å². The summed E-state index contributed by atoms with van der Waals surface area (Å²) in [5.74, 6) is -1.87. The molecule has 0 atom stereocenters. The molecule has 6 heteroatoms. The van der Waals surface area contributed by atoms with Crippen molar-refractivity contribution in [3.63, 3.8) is 0 Å². The molecule has 1 fully saturated rings. The maximum atomic E-state index is 11.1. The molecule has 0 radical (unpaired) electrons. The summed E-state index contributed by atoms with van der Waals surface area (Å²) in [6.07, 6.45) is 2.09. The second-order valence-electron chi connectivity index (χ2n) is 4.06. The van der Waals surface area contributed by atoms with Crippen LogP contribution in [0.3, 0.4) is 0 Å². The Bertz CT molecular complexity index is 345. The molecule has 1 saturated heterocycles. The molecular formula is C10H12NNaO4. The Morgan fingerprint density at radius 2 is 2.06 bits per heavy atom. The Balaban J connectivity index is 0.00000128. The second-order valence-corrected chi connectivity index (χ2v) is 4.06. The summed E-state index contributed by atoms with van der Waals surface area (Å²) in [5, 5.41) is 10.9. The smallest absolute Gasteiger partial charge is 0.545 e. The van der Waals surface area contributed by atoms with Gasteiger partial charge < -0.3 is 19.5 Å². The first-order chi connectivity index (χ1) is 7.03. The number of esters is 1. The second kappa shape index (κ2) is 4.87. The van der Waals surface area contributed by atoms with Crippen molar-refractivity contribution in [3.8, 4) is 0 Å². The Morgan fingerprint density at radius 1 is 1.50 bits per heavy atom. The van der Waals surface area contributed by atoms with E-state index in [0.29, 0.717) is 12.8 Å².